The van der Waals surface area contributed by atoms with Crippen molar-refractivity contribution in [2.45, 2.75) is 6.04 Å². The lowest BCUT2D eigenvalue weighted by Crippen LogP contribution is -2.50. The number of rotatable bonds is 6. The Balaban J connectivity index is 1.82. The number of thiophene rings is 1. The highest BCUT2D eigenvalue weighted by Gasteiger charge is 2.24. The molecule has 0 aliphatic carbocycles. The molecular formula is C14H26N4S. The number of nitrogens with two attached hydrogens (primary N) is 1. The predicted molar refractivity (Wildman–Crippen MR) is 82.7 cm³/mol. The summed E-state index contributed by atoms with van der Waals surface area (Å²) in [5.41, 5.74) is 5.97. The minimum atomic E-state index is 0.413. The van der Waals surface area contributed by atoms with Crippen molar-refractivity contribution in [3.8, 4) is 0 Å². The fourth-order valence-corrected chi connectivity index (χ4v) is 3.44. The molecule has 2 heterocycles. The molecule has 0 radical (unpaired) electrons. The van der Waals surface area contributed by atoms with E-state index < -0.39 is 0 Å². The van der Waals surface area contributed by atoms with Gasteiger partial charge in [0.15, 0.2) is 0 Å². The molecule has 0 bridgehead atoms. The topological polar surface area (TPSA) is 35.7 Å². The van der Waals surface area contributed by atoms with Gasteiger partial charge in [0.2, 0.25) is 0 Å². The minimum Gasteiger partial charge on any atom is -0.329 e. The second-order valence-corrected chi connectivity index (χ2v) is 6.43. The van der Waals surface area contributed by atoms with Crippen LogP contribution in [0.4, 0.5) is 0 Å². The summed E-state index contributed by atoms with van der Waals surface area (Å²) in [4.78, 5) is 8.75. The molecule has 2 N–H and O–H groups in total. The smallest absolute Gasteiger partial charge is 0.0565 e. The van der Waals surface area contributed by atoms with E-state index in [-0.39, 0.29) is 0 Å². The summed E-state index contributed by atoms with van der Waals surface area (Å²) in [5, 5.41) is 2.14. The quantitative estimate of drug-likeness (QED) is 0.842. The van der Waals surface area contributed by atoms with Gasteiger partial charge in [-0.25, -0.2) is 0 Å². The van der Waals surface area contributed by atoms with Crippen LogP contribution >= 0.6 is 11.3 Å². The van der Waals surface area contributed by atoms with E-state index in [1.807, 2.05) is 11.3 Å². The first-order valence-corrected chi connectivity index (χ1v) is 7.93. The van der Waals surface area contributed by atoms with Gasteiger partial charge >= 0.3 is 0 Å². The van der Waals surface area contributed by atoms with E-state index >= 15 is 0 Å². The van der Waals surface area contributed by atoms with Crippen LogP contribution in [0.2, 0.25) is 0 Å². The number of piperazine rings is 1. The standard InChI is InChI=1S/C14H26N4S/c1-16(2)5-6-17-7-9-18(10-8-17)13(12-15)14-4-3-11-19-14/h3-4,11,13H,5-10,12,15H2,1-2H3. The summed E-state index contributed by atoms with van der Waals surface area (Å²) >= 11 is 1.82. The Hall–Kier alpha value is -0.460. The Kier molecular flexibility index (Phi) is 5.78. The van der Waals surface area contributed by atoms with Gasteiger partial charge in [0.05, 0.1) is 6.04 Å². The third kappa shape index (κ3) is 4.26. The molecule has 1 fully saturated rings. The van der Waals surface area contributed by atoms with Crippen molar-refractivity contribution < 1.29 is 0 Å². The van der Waals surface area contributed by atoms with Crippen molar-refractivity contribution in [2.75, 3.05) is 59.9 Å². The third-order valence-electron chi connectivity index (χ3n) is 3.81. The molecule has 1 aliphatic heterocycles. The van der Waals surface area contributed by atoms with Gasteiger partial charge in [-0.3, -0.25) is 9.80 Å². The molecule has 5 heteroatoms. The lowest BCUT2D eigenvalue weighted by atomic mass is 10.1. The maximum absolute atomic E-state index is 5.97. The fourth-order valence-electron chi connectivity index (χ4n) is 2.57. The summed E-state index contributed by atoms with van der Waals surface area (Å²) < 4.78 is 0. The molecule has 1 saturated heterocycles. The van der Waals surface area contributed by atoms with E-state index in [2.05, 4.69) is 46.3 Å². The molecule has 108 valence electrons. The molecule has 2 rings (SSSR count). The van der Waals surface area contributed by atoms with Gasteiger partial charge in [-0.1, -0.05) is 6.07 Å². The van der Waals surface area contributed by atoms with Crippen LogP contribution in [0.25, 0.3) is 0 Å². The maximum atomic E-state index is 5.97. The normalized spacial score (nSPS) is 20.0. The van der Waals surface area contributed by atoms with Crippen LogP contribution in [0, 0.1) is 0 Å². The number of hydrogen-bond donors (Lipinski definition) is 1. The maximum Gasteiger partial charge on any atom is 0.0565 e. The van der Waals surface area contributed by atoms with Crippen LogP contribution in [0.15, 0.2) is 17.5 Å². The van der Waals surface area contributed by atoms with Crippen molar-refractivity contribution >= 4 is 11.3 Å². The first-order valence-electron chi connectivity index (χ1n) is 7.05. The van der Waals surface area contributed by atoms with Crippen LogP contribution < -0.4 is 5.73 Å². The molecule has 1 aliphatic rings. The Labute approximate surface area is 120 Å². The van der Waals surface area contributed by atoms with E-state index in [1.165, 1.54) is 11.4 Å². The lowest BCUT2D eigenvalue weighted by molar-refractivity contribution is 0.0952. The minimum absolute atomic E-state index is 0.413. The molecule has 1 aromatic rings. The van der Waals surface area contributed by atoms with E-state index in [0.717, 1.165) is 39.3 Å². The lowest BCUT2D eigenvalue weighted by Gasteiger charge is -2.39. The van der Waals surface area contributed by atoms with Crippen molar-refractivity contribution in [3.63, 3.8) is 0 Å². The van der Waals surface area contributed by atoms with E-state index in [4.69, 9.17) is 5.73 Å². The van der Waals surface area contributed by atoms with Gasteiger partial charge in [0, 0.05) is 50.7 Å². The van der Waals surface area contributed by atoms with Crippen molar-refractivity contribution in [2.24, 2.45) is 5.73 Å². The molecule has 1 aromatic heterocycles. The summed E-state index contributed by atoms with van der Waals surface area (Å²) in [5.74, 6) is 0. The highest BCUT2D eigenvalue weighted by molar-refractivity contribution is 7.10. The zero-order valence-corrected chi connectivity index (χ0v) is 12.9. The Morgan fingerprint density at radius 3 is 2.58 bits per heavy atom. The van der Waals surface area contributed by atoms with Crippen LogP contribution in [-0.4, -0.2) is 74.6 Å². The molecule has 0 spiro atoms. The zero-order chi connectivity index (χ0) is 13.7. The van der Waals surface area contributed by atoms with E-state index in [0.29, 0.717) is 6.04 Å². The van der Waals surface area contributed by atoms with Crippen LogP contribution in [-0.2, 0) is 0 Å². The second kappa shape index (κ2) is 7.36. The average Bonchev–Trinajstić information content (AvgIpc) is 2.92. The van der Waals surface area contributed by atoms with Crippen LogP contribution in [0.1, 0.15) is 10.9 Å². The summed E-state index contributed by atoms with van der Waals surface area (Å²) in [6, 6.07) is 4.74. The van der Waals surface area contributed by atoms with E-state index in [1.54, 1.807) is 0 Å². The summed E-state index contributed by atoms with van der Waals surface area (Å²) in [7, 11) is 4.27. The van der Waals surface area contributed by atoms with Gasteiger partial charge < -0.3 is 10.6 Å². The molecule has 0 amide bonds. The zero-order valence-electron chi connectivity index (χ0n) is 12.1. The molecular weight excluding hydrogens is 256 g/mol. The van der Waals surface area contributed by atoms with Crippen molar-refractivity contribution in [3.05, 3.63) is 22.4 Å². The highest BCUT2D eigenvalue weighted by Crippen LogP contribution is 2.25. The molecule has 1 unspecified atom stereocenters. The fraction of sp³-hybridized carbons (Fsp3) is 0.714. The summed E-state index contributed by atoms with van der Waals surface area (Å²) in [6.45, 7) is 7.63. The number of nitrogens with zero attached hydrogens (tertiary/aromatic N) is 3. The van der Waals surface area contributed by atoms with Crippen molar-refractivity contribution in [1.82, 2.24) is 14.7 Å². The average molecular weight is 282 g/mol. The van der Waals surface area contributed by atoms with Gasteiger partial charge in [-0.15, -0.1) is 11.3 Å². The molecule has 0 saturated carbocycles. The van der Waals surface area contributed by atoms with Gasteiger partial charge in [-0.05, 0) is 25.5 Å². The van der Waals surface area contributed by atoms with Crippen LogP contribution in [0.5, 0.6) is 0 Å². The largest absolute Gasteiger partial charge is 0.329 e. The molecule has 19 heavy (non-hydrogen) atoms. The van der Waals surface area contributed by atoms with E-state index in [9.17, 15) is 0 Å². The Morgan fingerprint density at radius 1 is 1.32 bits per heavy atom. The monoisotopic (exact) mass is 282 g/mol. The predicted octanol–water partition coefficient (Wildman–Crippen LogP) is 0.927. The third-order valence-corrected chi connectivity index (χ3v) is 4.78. The van der Waals surface area contributed by atoms with Crippen molar-refractivity contribution in [1.29, 1.82) is 0 Å². The molecule has 4 nitrogen and oxygen atoms in total. The molecule has 1 atom stereocenters. The number of likely N-dealkylation sites (N-methyl/N-ethyl adjacent to an activating group) is 1. The molecule has 0 aromatic carbocycles. The Bertz CT molecular complexity index is 344. The first-order chi connectivity index (χ1) is 9.20. The van der Waals surface area contributed by atoms with Crippen LogP contribution in [0.3, 0.4) is 0 Å². The highest BCUT2D eigenvalue weighted by atomic mass is 32.1. The first kappa shape index (κ1) is 14.9. The SMILES string of the molecule is CN(C)CCN1CCN(C(CN)c2cccs2)CC1. The van der Waals surface area contributed by atoms with Gasteiger partial charge in [-0.2, -0.15) is 0 Å². The summed E-state index contributed by atoms with van der Waals surface area (Å²) in [6.07, 6.45) is 0. The number of hydrogen-bond acceptors (Lipinski definition) is 5. The Morgan fingerprint density at radius 2 is 2.05 bits per heavy atom. The second-order valence-electron chi connectivity index (χ2n) is 5.45. The van der Waals surface area contributed by atoms with Gasteiger partial charge in [0.25, 0.3) is 0 Å². The van der Waals surface area contributed by atoms with Gasteiger partial charge in [0.1, 0.15) is 0 Å².